The minimum Gasteiger partial charge on any atom is -0.325 e. The standard InChI is InChI=1S/C19H22N2OS/c22-19(14-23-18-10-12-20-13-11-18)21-17-8-6-16(7-9-17)15-4-2-1-3-5-15/h6-13,15H,1-5,14H2,(H,21,22). The molecule has 1 fully saturated rings. The van der Waals surface area contributed by atoms with Crippen LogP contribution in [0.15, 0.2) is 53.7 Å². The fraction of sp³-hybridized carbons (Fsp3) is 0.368. The summed E-state index contributed by atoms with van der Waals surface area (Å²) in [5, 5.41) is 2.97. The molecule has 3 nitrogen and oxygen atoms in total. The fourth-order valence-corrected chi connectivity index (χ4v) is 3.74. The van der Waals surface area contributed by atoms with Crippen LogP contribution in [0.5, 0.6) is 0 Å². The second kappa shape index (κ2) is 8.16. The Morgan fingerprint density at radius 3 is 2.43 bits per heavy atom. The molecule has 3 rings (SSSR count). The largest absolute Gasteiger partial charge is 0.325 e. The number of carbonyl (C=O) groups is 1. The lowest BCUT2D eigenvalue weighted by Crippen LogP contribution is -2.14. The highest BCUT2D eigenvalue weighted by molar-refractivity contribution is 8.00. The number of anilines is 1. The van der Waals surface area contributed by atoms with Crippen molar-refractivity contribution in [1.82, 2.24) is 4.98 Å². The first kappa shape index (κ1) is 16.1. The molecule has 120 valence electrons. The van der Waals surface area contributed by atoms with Crippen molar-refractivity contribution in [3.8, 4) is 0 Å². The van der Waals surface area contributed by atoms with Crippen molar-refractivity contribution >= 4 is 23.4 Å². The number of hydrogen-bond acceptors (Lipinski definition) is 3. The average molecular weight is 326 g/mol. The zero-order chi connectivity index (χ0) is 15.9. The van der Waals surface area contributed by atoms with E-state index in [1.165, 1.54) is 49.4 Å². The lowest BCUT2D eigenvalue weighted by atomic mass is 9.84. The average Bonchev–Trinajstić information content (AvgIpc) is 2.62. The van der Waals surface area contributed by atoms with Gasteiger partial charge in [-0.2, -0.15) is 0 Å². The van der Waals surface area contributed by atoms with E-state index in [9.17, 15) is 4.79 Å². The number of rotatable bonds is 5. The van der Waals surface area contributed by atoms with Gasteiger partial charge >= 0.3 is 0 Å². The van der Waals surface area contributed by atoms with Crippen molar-refractivity contribution < 1.29 is 4.79 Å². The highest BCUT2D eigenvalue weighted by atomic mass is 32.2. The first-order chi connectivity index (χ1) is 11.3. The number of benzene rings is 1. The van der Waals surface area contributed by atoms with Gasteiger partial charge in [0, 0.05) is 23.0 Å². The van der Waals surface area contributed by atoms with Crippen LogP contribution in [0.4, 0.5) is 5.69 Å². The van der Waals surface area contributed by atoms with Gasteiger partial charge in [0.2, 0.25) is 5.91 Å². The molecule has 1 saturated carbocycles. The van der Waals surface area contributed by atoms with Crippen molar-refractivity contribution in [2.45, 2.75) is 42.9 Å². The van der Waals surface area contributed by atoms with Crippen molar-refractivity contribution in [3.05, 3.63) is 54.4 Å². The molecule has 0 saturated heterocycles. The molecule has 4 heteroatoms. The molecule has 23 heavy (non-hydrogen) atoms. The lowest BCUT2D eigenvalue weighted by Gasteiger charge is -2.22. The second-order valence-corrected chi connectivity index (χ2v) is 7.03. The predicted octanol–water partition coefficient (Wildman–Crippen LogP) is 4.86. The smallest absolute Gasteiger partial charge is 0.234 e. The summed E-state index contributed by atoms with van der Waals surface area (Å²) in [6.07, 6.45) is 10.1. The van der Waals surface area contributed by atoms with Gasteiger partial charge < -0.3 is 5.32 Å². The van der Waals surface area contributed by atoms with Gasteiger partial charge in [-0.25, -0.2) is 0 Å². The van der Waals surface area contributed by atoms with E-state index < -0.39 is 0 Å². The molecule has 1 aliphatic rings. The quantitative estimate of drug-likeness (QED) is 0.798. The van der Waals surface area contributed by atoms with Crippen LogP contribution in [-0.4, -0.2) is 16.6 Å². The van der Waals surface area contributed by atoms with E-state index in [4.69, 9.17) is 0 Å². The van der Waals surface area contributed by atoms with E-state index in [2.05, 4.69) is 22.4 Å². The molecule has 2 aromatic rings. The SMILES string of the molecule is O=C(CSc1ccncc1)Nc1ccc(C2CCCCC2)cc1. The Balaban J connectivity index is 1.50. The van der Waals surface area contributed by atoms with Crippen LogP contribution >= 0.6 is 11.8 Å². The highest BCUT2D eigenvalue weighted by Gasteiger charge is 2.15. The van der Waals surface area contributed by atoms with E-state index in [1.54, 1.807) is 12.4 Å². The van der Waals surface area contributed by atoms with Crippen LogP contribution in [0.2, 0.25) is 0 Å². The normalized spacial score (nSPS) is 15.3. The zero-order valence-electron chi connectivity index (χ0n) is 13.2. The van der Waals surface area contributed by atoms with Crippen LogP contribution in [0.1, 0.15) is 43.6 Å². The van der Waals surface area contributed by atoms with Gasteiger partial charge in [0.15, 0.2) is 0 Å². The maximum Gasteiger partial charge on any atom is 0.234 e. The van der Waals surface area contributed by atoms with Crippen molar-refractivity contribution in [1.29, 1.82) is 0 Å². The summed E-state index contributed by atoms with van der Waals surface area (Å²) < 4.78 is 0. The third kappa shape index (κ3) is 4.83. The predicted molar refractivity (Wildman–Crippen MR) is 95.9 cm³/mol. The number of nitrogens with one attached hydrogen (secondary N) is 1. The number of carbonyl (C=O) groups excluding carboxylic acids is 1. The molecule has 1 aliphatic carbocycles. The zero-order valence-corrected chi connectivity index (χ0v) is 14.0. The van der Waals surface area contributed by atoms with Crippen molar-refractivity contribution in [2.24, 2.45) is 0 Å². The number of nitrogens with zero attached hydrogens (tertiary/aromatic N) is 1. The molecule has 1 N–H and O–H groups in total. The fourth-order valence-electron chi connectivity index (χ4n) is 3.05. The van der Waals surface area contributed by atoms with E-state index >= 15 is 0 Å². The summed E-state index contributed by atoms with van der Waals surface area (Å²) in [5.74, 6) is 1.14. The number of thioether (sulfide) groups is 1. The molecule has 1 amide bonds. The van der Waals surface area contributed by atoms with Gasteiger partial charge in [0.25, 0.3) is 0 Å². The number of pyridine rings is 1. The van der Waals surface area contributed by atoms with Crippen LogP contribution < -0.4 is 5.32 Å². The van der Waals surface area contributed by atoms with Crippen LogP contribution in [0, 0.1) is 0 Å². The summed E-state index contributed by atoms with van der Waals surface area (Å²) in [6.45, 7) is 0. The highest BCUT2D eigenvalue weighted by Crippen LogP contribution is 2.33. The summed E-state index contributed by atoms with van der Waals surface area (Å²) >= 11 is 1.52. The minimum absolute atomic E-state index is 0.0252. The van der Waals surface area contributed by atoms with Crippen LogP contribution in [-0.2, 0) is 4.79 Å². The Morgan fingerprint density at radius 2 is 1.74 bits per heavy atom. The molecule has 0 bridgehead atoms. The Bertz CT molecular complexity index is 622. The maximum atomic E-state index is 12.0. The Labute approximate surface area is 141 Å². The van der Waals surface area contributed by atoms with Gasteiger partial charge in [0.05, 0.1) is 5.75 Å². The van der Waals surface area contributed by atoms with Gasteiger partial charge in [0.1, 0.15) is 0 Å². The number of hydrogen-bond donors (Lipinski definition) is 1. The molecular weight excluding hydrogens is 304 g/mol. The van der Waals surface area contributed by atoms with Gasteiger partial charge in [-0.3, -0.25) is 9.78 Å². The van der Waals surface area contributed by atoms with E-state index in [-0.39, 0.29) is 5.91 Å². The second-order valence-electron chi connectivity index (χ2n) is 5.98. The van der Waals surface area contributed by atoms with Crippen LogP contribution in [0.25, 0.3) is 0 Å². The molecule has 1 heterocycles. The summed E-state index contributed by atoms with van der Waals surface area (Å²) in [5.41, 5.74) is 2.29. The monoisotopic (exact) mass is 326 g/mol. The van der Waals surface area contributed by atoms with E-state index in [0.717, 1.165) is 10.6 Å². The van der Waals surface area contributed by atoms with Gasteiger partial charge in [-0.05, 0) is 48.6 Å². The molecular formula is C19H22N2OS. The number of amides is 1. The Hall–Kier alpha value is -1.81. The summed E-state index contributed by atoms with van der Waals surface area (Å²) in [7, 11) is 0. The Morgan fingerprint density at radius 1 is 1.04 bits per heavy atom. The molecule has 0 atom stereocenters. The first-order valence-corrected chi connectivity index (χ1v) is 9.22. The number of aromatic nitrogens is 1. The minimum atomic E-state index is 0.0252. The molecule has 0 unspecified atom stereocenters. The maximum absolute atomic E-state index is 12.0. The summed E-state index contributed by atoms with van der Waals surface area (Å²) in [6, 6.07) is 12.2. The molecule has 1 aromatic heterocycles. The third-order valence-corrected chi connectivity index (χ3v) is 5.30. The molecule has 0 radical (unpaired) electrons. The van der Waals surface area contributed by atoms with Gasteiger partial charge in [-0.1, -0.05) is 31.4 Å². The third-order valence-electron chi connectivity index (χ3n) is 4.29. The topological polar surface area (TPSA) is 42.0 Å². The van der Waals surface area contributed by atoms with Crippen molar-refractivity contribution in [3.63, 3.8) is 0 Å². The van der Waals surface area contributed by atoms with Crippen molar-refractivity contribution in [2.75, 3.05) is 11.1 Å². The summed E-state index contributed by atoms with van der Waals surface area (Å²) in [4.78, 5) is 17.1. The molecule has 1 aromatic carbocycles. The first-order valence-electron chi connectivity index (χ1n) is 8.24. The van der Waals surface area contributed by atoms with E-state index in [1.807, 2.05) is 24.3 Å². The molecule has 0 aliphatic heterocycles. The van der Waals surface area contributed by atoms with Crippen LogP contribution in [0.3, 0.4) is 0 Å². The Kier molecular flexibility index (Phi) is 5.70. The van der Waals surface area contributed by atoms with E-state index in [0.29, 0.717) is 11.7 Å². The van der Waals surface area contributed by atoms with Gasteiger partial charge in [-0.15, -0.1) is 11.8 Å². The lowest BCUT2D eigenvalue weighted by molar-refractivity contribution is -0.113. The molecule has 0 spiro atoms.